The molecule has 0 atom stereocenters. The molecule has 0 spiro atoms. The van der Waals surface area contributed by atoms with Crippen molar-refractivity contribution in [3.05, 3.63) is 64.4 Å². The number of halogens is 1. The van der Waals surface area contributed by atoms with Crippen LogP contribution in [0.1, 0.15) is 21.5 Å². The average Bonchev–Trinajstić information content (AvgIpc) is 2.41. The predicted molar refractivity (Wildman–Crippen MR) is 76.5 cm³/mol. The minimum atomic E-state index is -0.166. The lowest BCUT2D eigenvalue weighted by atomic mass is 10.1. The minimum Gasteiger partial charge on any atom is -0.352 e. The number of aryl methyl sites for hydroxylation is 1. The average molecular weight is 275 g/mol. The number of carbonyl (C=O) groups is 1. The van der Waals surface area contributed by atoms with Crippen LogP contribution in [0.3, 0.4) is 0 Å². The molecule has 1 aromatic heterocycles. The first kappa shape index (κ1) is 13.6. The van der Waals surface area contributed by atoms with E-state index in [9.17, 15) is 4.79 Å². The number of aromatic nitrogens is 1. The third kappa shape index (κ3) is 3.55. The lowest BCUT2D eigenvalue weighted by Crippen LogP contribution is -2.26. The Bertz CT molecular complexity index is 584. The van der Waals surface area contributed by atoms with Gasteiger partial charge in [-0.3, -0.25) is 9.78 Å². The van der Waals surface area contributed by atoms with E-state index in [1.807, 2.05) is 12.1 Å². The molecular formula is C15H15ClN2O. The highest BCUT2D eigenvalue weighted by atomic mass is 35.5. The maximum Gasteiger partial charge on any atom is 0.252 e. The molecule has 0 saturated heterocycles. The standard InChI is InChI=1S/C15H15ClN2O/c1-11-4-2-3-5-12(11)6-9-18-15(19)13-7-8-17-10-14(13)16/h2-5,7-8,10H,6,9H2,1H3,(H,18,19). The SMILES string of the molecule is Cc1ccccc1CCNC(=O)c1ccncc1Cl. The van der Waals surface area contributed by atoms with Crippen molar-refractivity contribution >= 4 is 17.5 Å². The van der Waals surface area contributed by atoms with E-state index in [4.69, 9.17) is 11.6 Å². The minimum absolute atomic E-state index is 0.166. The molecule has 1 aromatic carbocycles. The summed E-state index contributed by atoms with van der Waals surface area (Å²) < 4.78 is 0. The number of rotatable bonds is 4. The van der Waals surface area contributed by atoms with Crippen LogP contribution in [0.25, 0.3) is 0 Å². The van der Waals surface area contributed by atoms with Crippen LogP contribution >= 0.6 is 11.6 Å². The van der Waals surface area contributed by atoms with Crippen molar-refractivity contribution in [3.8, 4) is 0 Å². The summed E-state index contributed by atoms with van der Waals surface area (Å²) in [4.78, 5) is 15.8. The maximum absolute atomic E-state index is 11.9. The number of nitrogens with one attached hydrogen (secondary N) is 1. The molecule has 3 nitrogen and oxygen atoms in total. The quantitative estimate of drug-likeness (QED) is 0.931. The van der Waals surface area contributed by atoms with Gasteiger partial charge in [0.1, 0.15) is 0 Å². The van der Waals surface area contributed by atoms with E-state index in [2.05, 4.69) is 29.4 Å². The zero-order chi connectivity index (χ0) is 13.7. The second kappa shape index (κ2) is 6.34. The van der Waals surface area contributed by atoms with Gasteiger partial charge in [-0.1, -0.05) is 35.9 Å². The van der Waals surface area contributed by atoms with Crippen LogP contribution in [0.4, 0.5) is 0 Å². The summed E-state index contributed by atoms with van der Waals surface area (Å²) in [5.74, 6) is -0.166. The molecule has 2 rings (SSSR count). The number of carbonyl (C=O) groups excluding carboxylic acids is 1. The summed E-state index contributed by atoms with van der Waals surface area (Å²) in [5, 5.41) is 3.24. The van der Waals surface area contributed by atoms with Crippen LogP contribution in [-0.4, -0.2) is 17.4 Å². The Morgan fingerprint density at radius 3 is 2.84 bits per heavy atom. The number of amides is 1. The topological polar surface area (TPSA) is 42.0 Å². The molecule has 1 heterocycles. The molecule has 0 aliphatic heterocycles. The van der Waals surface area contributed by atoms with E-state index in [0.717, 1.165) is 6.42 Å². The normalized spacial score (nSPS) is 10.2. The smallest absolute Gasteiger partial charge is 0.252 e. The number of benzene rings is 1. The summed E-state index contributed by atoms with van der Waals surface area (Å²) >= 11 is 5.92. The van der Waals surface area contributed by atoms with Crippen LogP contribution in [0.5, 0.6) is 0 Å². The molecule has 98 valence electrons. The first-order chi connectivity index (χ1) is 9.18. The summed E-state index contributed by atoms with van der Waals surface area (Å²) in [6, 6.07) is 9.77. The summed E-state index contributed by atoms with van der Waals surface area (Å²) in [6.45, 7) is 2.65. The molecule has 2 aromatic rings. The highest BCUT2D eigenvalue weighted by molar-refractivity contribution is 6.33. The van der Waals surface area contributed by atoms with Gasteiger partial charge in [-0.25, -0.2) is 0 Å². The highest BCUT2D eigenvalue weighted by Gasteiger charge is 2.09. The Morgan fingerprint density at radius 1 is 1.32 bits per heavy atom. The Labute approximate surface area is 117 Å². The summed E-state index contributed by atoms with van der Waals surface area (Å²) in [6.07, 6.45) is 3.83. The molecule has 0 unspecified atom stereocenters. The molecule has 0 aliphatic rings. The zero-order valence-electron chi connectivity index (χ0n) is 10.7. The molecule has 0 radical (unpaired) electrons. The van der Waals surface area contributed by atoms with Gasteiger partial charge in [0, 0.05) is 18.9 Å². The summed E-state index contributed by atoms with van der Waals surface area (Å²) in [7, 11) is 0. The maximum atomic E-state index is 11.9. The zero-order valence-corrected chi connectivity index (χ0v) is 11.4. The molecular weight excluding hydrogens is 260 g/mol. The monoisotopic (exact) mass is 274 g/mol. The van der Waals surface area contributed by atoms with Crippen molar-refractivity contribution in [1.82, 2.24) is 10.3 Å². The van der Waals surface area contributed by atoms with Crippen LogP contribution in [0, 0.1) is 6.92 Å². The van der Waals surface area contributed by atoms with Gasteiger partial charge < -0.3 is 5.32 Å². The Kier molecular flexibility index (Phi) is 4.53. The fourth-order valence-electron chi connectivity index (χ4n) is 1.86. The van der Waals surface area contributed by atoms with E-state index in [1.54, 1.807) is 12.3 Å². The van der Waals surface area contributed by atoms with Crippen molar-refractivity contribution < 1.29 is 4.79 Å². The van der Waals surface area contributed by atoms with Gasteiger partial charge in [-0.05, 0) is 30.5 Å². The van der Waals surface area contributed by atoms with E-state index < -0.39 is 0 Å². The molecule has 0 saturated carbocycles. The molecule has 0 aliphatic carbocycles. The van der Waals surface area contributed by atoms with Crippen molar-refractivity contribution in [2.45, 2.75) is 13.3 Å². The lowest BCUT2D eigenvalue weighted by Gasteiger charge is -2.08. The van der Waals surface area contributed by atoms with E-state index in [1.165, 1.54) is 17.3 Å². The third-order valence-electron chi connectivity index (χ3n) is 2.96. The Hall–Kier alpha value is -1.87. The van der Waals surface area contributed by atoms with Crippen molar-refractivity contribution in [1.29, 1.82) is 0 Å². The molecule has 4 heteroatoms. The second-order valence-electron chi connectivity index (χ2n) is 4.29. The van der Waals surface area contributed by atoms with Gasteiger partial charge in [0.15, 0.2) is 0 Å². The number of nitrogens with zero attached hydrogens (tertiary/aromatic N) is 1. The molecule has 19 heavy (non-hydrogen) atoms. The molecule has 0 bridgehead atoms. The van der Waals surface area contributed by atoms with Gasteiger partial charge in [-0.2, -0.15) is 0 Å². The van der Waals surface area contributed by atoms with E-state index >= 15 is 0 Å². The first-order valence-electron chi connectivity index (χ1n) is 6.10. The fourth-order valence-corrected chi connectivity index (χ4v) is 2.06. The largest absolute Gasteiger partial charge is 0.352 e. The fraction of sp³-hybridized carbons (Fsp3) is 0.200. The number of pyridine rings is 1. The number of hydrogen-bond acceptors (Lipinski definition) is 2. The van der Waals surface area contributed by atoms with Crippen molar-refractivity contribution in [2.75, 3.05) is 6.54 Å². The third-order valence-corrected chi connectivity index (χ3v) is 3.26. The lowest BCUT2D eigenvalue weighted by molar-refractivity contribution is 0.0954. The van der Waals surface area contributed by atoms with Gasteiger partial charge in [0.2, 0.25) is 0 Å². The number of hydrogen-bond donors (Lipinski definition) is 1. The van der Waals surface area contributed by atoms with Crippen LogP contribution in [0.15, 0.2) is 42.7 Å². The van der Waals surface area contributed by atoms with Gasteiger partial charge in [-0.15, -0.1) is 0 Å². The van der Waals surface area contributed by atoms with Crippen LogP contribution in [-0.2, 0) is 6.42 Å². The van der Waals surface area contributed by atoms with E-state index in [-0.39, 0.29) is 5.91 Å². The molecule has 1 N–H and O–H groups in total. The molecule has 1 amide bonds. The summed E-state index contributed by atoms with van der Waals surface area (Å²) in [5.41, 5.74) is 2.93. The Morgan fingerprint density at radius 2 is 2.11 bits per heavy atom. The van der Waals surface area contributed by atoms with E-state index in [0.29, 0.717) is 17.1 Å². The van der Waals surface area contributed by atoms with Crippen molar-refractivity contribution in [3.63, 3.8) is 0 Å². The van der Waals surface area contributed by atoms with Crippen LogP contribution in [0.2, 0.25) is 5.02 Å². The van der Waals surface area contributed by atoms with Gasteiger partial charge in [0.05, 0.1) is 10.6 Å². The van der Waals surface area contributed by atoms with Crippen molar-refractivity contribution in [2.24, 2.45) is 0 Å². The van der Waals surface area contributed by atoms with Crippen LogP contribution < -0.4 is 5.32 Å². The molecule has 0 fully saturated rings. The highest BCUT2D eigenvalue weighted by Crippen LogP contribution is 2.13. The predicted octanol–water partition coefficient (Wildman–Crippen LogP) is 3.02. The van der Waals surface area contributed by atoms with Gasteiger partial charge >= 0.3 is 0 Å². The van der Waals surface area contributed by atoms with Gasteiger partial charge in [0.25, 0.3) is 5.91 Å². The second-order valence-corrected chi connectivity index (χ2v) is 4.70. The first-order valence-corrected chi connectivity index (χ1v) is 6.48. The Balaban J connectivity index is 1.92.